The third-order valence-electron chi connectivity index (χ3n) is 3.36. The lowest BCUT2D eigenvalue weighted by molar-refractivity contribution is 0.280. The number of aliphatic hydroxyl groups is 1. The fourth-order valence-corrected chi connectivity index (χ4v) is 4.05. The second-order valence-electron chi connectivity index (χ2n) is 5.15. The summed E-state index contributed by atoms with van der Waals surface area (Å²) < 4.78 is 26.9. The minimum absolute atomic E-state index is 0.0802. The minimum atomic E-state index is -3.50. The van der Waals surface area contributed by atoms with Crippen LogP contribution in [0.3, 0.4) is 0 Å². The molecular formula is C15H25NO3S. The van der Waals surface area contributed by atoms with Crippen molar-refractivity contribution in [2.75, 3.05) is 6.54 Å². The van der Waals surface area contributed by atoms with E-state index in [0.717, 1.165) is 18.4 Å². The van der Waals surface area contributed by atoms with Crippen molar-refractivity contribution in [1.82, 2.24) is 4.31 Å². The number of hydrogen-bond acceptors (Lipinski definition) is 3. The van der Waals surface area contributed by atoms with Crippen LogP contribution in [0.25, 0.3) is 0 Å². The number of nitrogens with zero attached hydrogens (tertiary/aromatic N) is 1. The first kappa shape index (κ1) is 17.1. The smallest absolute Gasteiger partial charge is 0.243 e. The molecule has 1 rings (SSSR count). The average Bonchev–Trinajstić information content (AvgIpc) is 2.43. The van der Waals surface area contributed by atoms with Crippen molar-refractivity contribution in [3.63, 3.8) is 0 Å². The Bertz CT molecular complexity index is 538. The Morgan fingerprint density at radius 2 is 1.85 bits per heavy atom. The minimum Gasteiger partial charge on any atom is -0.392 e. The molecule has 0 atom stereocenters. The Balaban J connectivity index is 3.27. The molecule has 1 aromatic carbocycles. The van der Waals surface area contributed by atoms with Gasteiger partial charge in [-0.3, -0.25) is 0 Å². The van der Waals surface area contributed by atoms with Crippen molar-refractivity contribution in [1.29, 1.82) is 0 Å². The summed E-state index contributed by atoms with van der Waals surface area (Å²) in [5.41, 5.74) is 1.67. The Morgan fingerprint density at radius 3 is 2.30 bits per heavy atom. The topological polar surface area (TPSA) is 57.6 Å². The van der Waals surface area contributed by atoms with Gasteiger partial charge in [-0.1, -0.05) is 19.9 Å². The van der Waals surface area contributed by atoms with Crippen LogP contribution in [0.1, 0.15) is 45.2 Å². The highest BCUT2D eigenvalue weighted by molar-refractivity contribution is 7.89. The van der Waals surface area contributed by atoms with Crippen LogP contribution in [-0.2, 0) is 23.1 Å². The number of aryl methyl sites for hydroxylation is 1. The number of hydrogen-bond donors (Lipinski definition) is 1. The van der Waals surface area contributed by atoms with Crippen LogP contribution < -0.4 is 0 Å². The fraction of sp³-hybridized carbons (Fsp3) is 0.600. The summed E-state index contributed by atoms with van der Waals surface area (Å²) in [5.74, 6) is 0. The average molecular weight is 299 g/mol. The second kappa shape index (κ2) is 7.20. The summed E-state index contributed by atoms with van der Waals surface area (Å²) in [6, 6.07) is 4.95. The molecule has 0 amide bonds. The van der Waals surface area contributed by atoms with Crippen LogP contribution in [0.4, 0.5) is 0 Å². The van der Waals surface area contributed by atoms with Crippen molar-refractivity contribution in [3.8, 4) is 0 Å². The zero-order valence-electron chi connectivity index (χ0n) is 12.8. The lowest BCUT2D eigenvalue weighted by Gasteiger charge is -2.25. The van der Waals surface area contributed by atoms with Gasteiger partial charge in [0.05, 0.1) is 11.5 Å². The van der Waals surface area contributed by atoms with E-state index in [-0.39, 0.29) is 17.5 Å². The van der Waals surface area contributed by atoms with E-state index < -0.39 is 10.0 Å². The molecule has 4 nitrogen and oxygen atoms in total. The highest BCUT2D eigenvalue weighted by atomic mass is 32.2. The van der Waals surface area contributed by atoms with E-state index in [1.165, 1.54) is 4.31 Å². The van der Waals surface area contributed by atoms with Crippen LogP contribution in [0.15, 0.2) is 23.1 Å². The second-order valence-corrected chi connectivity index (χ2v) is 7.04. The zero-order chi connectivity index (χ0) is 15.3. The van der Waals surface area contributed by atoms with Crippen LogP contribution in [0.2, 0.25) is 0 Å². The Kier molecular flexibility index (Phi) is 6.17. The van der Waals surface area contributed by atoms with E-state index in [9.17, 15) is 13.5 Å². The fourth-order valence-electron chi connectivity index (χ4n) is 2.27. The third-order valence-corrected chi connectivity index (χ3v) is 5.43. The summed E-state index contributed by atoms with van der Waals surface area (Å²) in [6.45, 7) is 8.07. The molecule has 0 heterocycles. The third kappa shape index (κ3) is 3.59. The lowest BCUT2D eigenvalue weighted by Crippen LogP contribution is -2.37. The zero-order valence-corrected chi connectivity index (χ0v) is 13.6. The van der Waals surface area contributed by atoms with Gasteiger partial charge in [0.15, 0.2) is 0 Å². The summed E-state index contributed by atoms with van der Waals surface area (Å²) in [4.78, 5) is 0.265. The Hall–Kier alpha value is -0.910. The number of rotatable bonds is 7. The van der Waals surface area contributed by atoms with Crippen molar-refractivity contribution >= 4 is 10.0 Å². The lowest BCUT2D eigenvalue weighted by atomic mass is 10.1. The number of aliphatic hydroxyl groups excluding tert-OH is 1. The van der Waals surface area contributed by atoms with E-state index in [0.29, 0.717) is 12.1 Å². The SMILES string of the molecule is CCCN(C(C)C)S(=O)(=O)c1ccc(CC)c(CO)c1. The maximum Gasteiger partial charge on any atom is 0.243 e. The standard InChI is InChI=1S/C15H25NO3S/c1-5-9-16(12(3)4)20(18,19)15-8-7-13(6-2)14(10-15)11-17/h7-8,10,12,17H,5-6,9,11H2,1-4H3. The molecule has 0 aliphatic heterocycles. The molecule has 0 fully saturated rings. The molecule has 0 aliphatic rings. The maximum absolute atomic E-state index is 12.7. The number of benzene rings is 1. The highest BCUT2D eigenvalue weighted by Gasteiger charge is 2.26. The van der Waals surface area contributed by atoms with E-state index in [1.807, 2.05) is 27.7 Å². The maximum atomic E-state index is 12.7. The van der Waals surface area contributed by atoms with E-state index in [1.54, 1.807) is 18.2 Å². The van der Waals surface area contributed by atoms with Crippen molar-refractivity contribution in [2.24, 2.45) is 0 Å². The molecule has 1 aromatic rings. The number of sulfonamides is 1. The van der Waals surface area contributed by atoms with Crippen molar-refractivity contribution < 1.29 is 13.5 Å². The van der Waals surface area contributed by atoms with Crippen molar-refractivity contribution in [3.05, 3.63) is 29.3 Å². The van der Waals surface area contributed by atoms with Crippen LogP contribution in [0.5, 0.6) is 0 Å². The molecule has 0 saturated carbocycles. The van der Waals surface area contributed by atoms with Crippen LogP contribution in [0, 0.1) is 0 Å². The van der Waals surface area contributed by atoms with Gasteiger partial charge in [0, 0.05) is 12.6 Å². The summed E-state index contributed by atoms with van der Waals surface area (Å²) in [6.07, 6.45) is 1.55. The quantitative estimate of drug-likeness (QED) is 0.842. The largest absolute Gasteiger partial charge is 0.392 e. The first-order chi connectivity index (χ1) is 9.38. The van der Waals surface area contributed by atoms with Gasteiger partial charge < -0.3 is 5.11 Å². The van der Waals surface area contributed by atoms with Gasteiger partial charge in [0.25, 0.3) is 0 Å². The van der Waals surface area contributed by atoms with E-state index in [4.69, 9.17) is 0 Å². The van der Waals surface area contributed by atoms with Crippen LogP contribution >= 0.6 is 0 Å². The molecular weight excluding hydrogens is 274 g/mol. The molecule has 0 saturated heterocycles. The first-order valence-electron chi connectivity index (χ1n) is 7.12. The normalized spacial score (nSPS) is 12.3. The monoisotopic (exact) mass is 299 g/mol. The van der Waals surface area contributed by atoms with E-state index in [2.05, 4.69) is 0 Å². The molecule has 114 valence electrons. The summed E-state index contributed by atoms with van der Waals surface area (Å²) in [5, 5.41) is 9.38. The summed E-state index contributed by atoms with van der Waals surface area (Å²) >= 11 is 0. The Morgan fingerprint density at radius 1 is 1.20 bits per heavy atom. The molecule has 0 spiro atoms. The van der Waals surface area contributed by atoms with Gasteiger partial charge in [-0.2, -0.15) is 4.31 Å². The van der Waals surface area contributed by atoms with Gasteiger partial charge in [-0.25, -0.2) is 8.42 Å². The molecule has 0 aromatic heterocycles. The van der Waals surface area contributed by atoms with Gasteiger partial charge in [0.1, 0.15) is 0 Å². The molecule has 0 bridgehead atoms. The summed E-state index contributed by atoms with van der Waals surface area (Å²) in [7, 11) is -3.50. The predicted molar refractivity (Wildman–Crippen MR) is 81.1 cm³/mol. The molecule has 20 heavy (non-hydrogen) atoms. The predicted octanol–water partition coefficient (Wildman–Crippen LogP) is 2.55. The first-order valence-corrected chi connectivity index (χ1v) is 8.56. The molecule has 0 radical (unpaired) electrons. The molecule has 1 N–H and O–H groups in total. The van der Waals surface area contributed by atoms with Crippen molar-refractivity contribution in [2.45, 2.75) is 58.1 Å². The van der Waals surface area contributed by atoms with Crippen LogP contribution in [-0.4, -0.2) is 30.4 Å². The van der Waals surface area contributed by atoms with E-state index >= 15 is 0 Å². The van der Waals surface area contributed by atoms with Gasteiger partial charge in [0.2, 0.25) is 10.0 Å². The molecule has 0 unspecified atom stereocenters. The molecule has 0 aliphatic carbocycles. The Labute approximate surface area is 122 Å². The molecule has 5 heteroatoms. The van der Waals surface area contributed by atoms with Gasteiger partial charge in [-0.15, -0.1) is 0 Å². The highest BCUT2D eigenvalue weighted by Crippen LogP contribution is 2.22. The van der Waals surface area contributed by atoms with Gasteiger partial charge in [-0.05, 0) is 49.9 Å². The van der Waals surface area contributed by atoms with Gasteiger partial charge >= 0.3 is 0 Å².